The number of likely N-dealkylation sites (tertiary alicyclic amines) is 1. The van der Waals surface area contributed by atoms with Crippen LogP contribution in [0.2, 0.25) is 0 Å². The van der Waals surface area contributed by atoms with E-state index in [1.54, 1.807) is 14.0 Å². The molecule has 0 radical (unpaired) electrons. The molecule has 31 heavy (non-hydrogen) atoms. The van der Waals surface area contributed by atoms with Crippen molar-refractivity contribution >= 4 is 23.6 Å². The molecular formula is C21H34N6O4. The molecule has 0 saturated carbocycles. The van der Waals surface area contributed by atoms with Crippen LogP contribution >= 0.6 is 0 Å². The molecule has 0 aliphatic carbocycles. The summed E-state index contributed by atoms with van der Waals surface area (Å²) in [4.78, 5) is 43.4. The largest absolute Gasteiger partial charge is 0.462 e. The van der Waals surface area contributed by atoms with E-state index < -0.39 is 5.97 Å². The molecule has 0 unspecified atom stereocenters. The monoisotopic (exact) mass is 434 g/mol. The van der Waals surface area contributed by atoms with Crippen LogP contribution in [0.15, 0.2) is 6.20 Å². The summed E-state index contributed by atoms with van der Waals surface area (Å²) >= 11 is 0. The van der Waals surface area contributed by atoms with Gasteiger partial charge >= 0.3 is 5.97 Å². The van der Waals surface area contributed by atoms with E-state index in [0.29, 0.717) is 12.4 Å². The maximum atomic E-state index is 12.6. The predicted molar refractivity (Wildman–Crippen MR) is 116 cm³/mol. The first-order valence-corrected chi connectivity index (χ1v) is 11.2. The number of hydrogen-bond donors (Lipinski definition) is 1. The third kappa shape index (κ3) is 6.51. The molecule has 3 heterocycles. The number of carbonyl (C=O) groups is 3. The quantitative estimate of drug-likeness (QED) is 0.626. The number of nitrogens with one attached hydrogen (secondary N) is 1. The highest BCUT2D eigenvalue weighted by atomic mass is 16.5. The summed E-state index contributed by atoms with van der Waals surface area (Å²) < 4.78 is 6.47. The second-order valence-corrected chi connectivity index (χ2v) is 8.15. The average Bonchev–Trinajstić information content (AvgIpc) is 2.94. The first kappa shape index (κ1) is 23.2. The van der Waals surface area contributed by atoms with Crippen LogP contribution in [0.5, 0.6) is 0 Å². The average molecular weight is 435 g/mol. The van der Waals surface area contributed by atoms with E-state index in [1.165, 1.54) is 23.7 Å². The maximum Gasteiger partial charge on any atom is 0.343 e. The molecule has 0 bridgehead atoms. The zero-order valence-corrected chi connectivity index (χ0v) is 18.6. The van der Waals surface area contributed by atoms with Crippen LogP contribution in [0.4, 0.5) is 5.82 Å². The Morgan fingerprint density at radius 3 is 2.19 bits per heavy atom. The van der Waals surface area contributed by atoms with E-state index in [4.69, 9.17) is 4.74 Å². The lowest BCUT2D eigenvalue weighted by molar-refractivity contribution is -0.133. The fourth-order valence-corrected chi connectivity index (χ4v) is 4.04. The van der Waals surface area contributed by atoms with Crippen molar-refractivity contribution < 1.29 is 19.1 Å². The van der Waals surface area contributed by atoms with E-state index in [0.717, 1.165) is 52.1 Å². The van der Waals surface area contributed by atoms with E-state index in [1.807, 2.05) is 4.90 Å². The lowest BCUT2D eigenvalue weighted by atomic mass is 10.2. The van der Waals surface area contributed by atoms with Gasteiger partial charge in [0.1, 0.15) is 11.4 Å². The van der Waals surface area contributed by atoms with Crippen molar-refractivity contribution in [3.05, 3.63) is 11.8 Å². The van der Waals surface area contributed by atoms with Crippen LogP contribution in [0.3, 0.4) is 0 Å². The Hall–Kier alpha value is -2.46. The molecule has 2 saturated heterocycles. The number of carbonyl (C=O) groups excluding carboxylic acids is 3. The number of esters is 1. The van der Waals surface area contributed by atoms with Crippen molar-refractivity contribution in [2.75, 3.05) is 64.3 Å². The highest BCUT2D eigenvalue weighted by Crippen LogP contribution is 2.16. The summed E-state index contributed by atoms with van der Waals surface area (Å²) in [6, 6.07) is 0. The van der Waals surface area contributed by atoms with Gasteiger partial charge in [0.25, 0.3) is 0 Å². The summed E-state index contributed by atoms with van der Waals surface area (Å²) in [6.45, 7) is 7.37. The van der Waals surface area contributed by atoms with Crippen LogP contribution in [-0.2, 0) is 21.4 Å². The van der Waals surface area contributed by atoms with Crippen molar-refractivity contribution in [2.24, 2.45) is 7.05 Å². The Morgan fingerprint density at radius 2 is 1.58 bits per heavy atom. The van der Waals surface area contributed by atoms with Crippen LogP contribution in [0.25, 0.3) is 0 Å². The molecule has 1 aromatic rings. The van der Waals surface area contributed by atoms with Gasteiger partial charge in [-0.25, -0.2) is 4.79 Å². The van der Waals surface area contributed by atoms with E-state index in [9.17, 15) is 14.4 Å². The van der Waals surface area contributed by atoms with Crippen molar-refractivity contribution in [1.29, 1.82) is 0 Å². The van der Waals surface area contributed by atoms with Gasteiger partial charge in [-0.3, -0.25) is 24.1 Å². The minimum Gasteiger partial charge on any atom is -0.462 e. The second kappa shape index (κ2) is 11.2. The third-order valence-electron chi connectivity index (χ3n) is 5.84. The van der Waals surface area contributed by atoms with Crippen LogP contribution < -0.4 is 5.32 Å². The molecule has 2 amide bonds. The predicted octanol–water partition coefficient (Wildman–Crippen LogP) is 0.556. The fraction of sp³-hybridized carbons (Fsp3) is 0.714. The lowest BCUT2D eigenvalue weighted by Crippen LogP contribution is -2.51. The molecular weight excluding hydrogens is 400 g/mol. The SMILES string of the molecule is CCOC(=O)c1cnn(C)c1NC(=O)CN1CCN(CC(=O)N2CCCCCC2)CC1. The number of ether oxygens (including phenoxy) is 1. The van der Waals surface area contributed by atoms with Gasteiger partial charge in [-0.05, 0) is 19.8 Å². The minimum atomic E-state index is -0.506. The molecule has 172 valence electrons. The Labute approximate surface area is 183 Å². The van der Waals surface area contributed by atoms with Gasteiger partial charge in [0.05, 0.1) is 25.9 Å². The van der Waals surface area contributed by atoms with Crippen molar-refractivity contribution in [3.8, 4) is 0 Å². The summed E-state index contributed by atoms with van der Waals surface area (Å²) in [5.41, 5.74) is 0.245. The van der Waals surface area contributed by atoms with E-state index in [-0.39, 0.29) is 30.5 Å². The molecule has 0 aromatic carbocycles. The molecule has 0 atom stereocenters. The third-order valence-corrected chi connectivity index (χ3v) is 5.84. The molecule has 3 rings (SSSR count). The van der Waals surface area contributed by atoms with Crippen molar-refractivity contribution in [1.82, 2.24) is 24.5 Å². The first-order valence-electron chi connectivity index (χ1n) is 11.2. The zero-order chi connectivity index (χ0) is 22.2. The Kier molecular flexibility index (Phi) is 8.42. The first-order chi connectivity index (χ1) is 15.0. The molecule has 1 N–H and O–H groups in total. The van der Waals surface area contributed by atoms with Crippen LogP contribution in [0, 0.1) is 0 Å². The fourth-order valence-electron chi connectivity index (χ4n) is 4.04. The number of aromatic nitrogens is 2. The van der Waals surface area contributed by atoms with Gasteiger partial charge in [-0.1, -0.05) is 12.8 Å². The summed E-state index contributed by atoms with van der Waals surface area (Å²) in [6.07, 6.45) is 6.02. The zero-order valence-electron chi connectivity index (χ0n) is 18.6. The summed E-state index contributed by atoms with van der Waals surface area (Å²) in [7, 11) is 1.67. The molecule has 1 aromatic heterocycles. The molecule has 2 aliphatic heterocycles. The second-order valence-electron chi connectivity index (χ2n) is 8.15. The van der Waals surface area contributed by atoms with Gasteiger partial charge in [0.15, 0.2) is 0 Å². The molecule has 2 fully saturated rings. The summed E-state index contributed by atoms with van der Waals surface area (Å²) in [5, 5.41) is 6.83. The molecule has 10 nitrogen and oxygen atoms in total. The lowest BCUT2D eigenvalue weighted by Gasteiger charge is -2.35. The Balaban J connectivity index is 1.44. The van der Waals surface area contributed by atoms with Gasteiger partial charge in [0, 0.05) is 46.3 Å². The molecule has 2 aliphatic rings. The molecule has 0 spiro atoms. The highest BCUT2D eigenvalue weighted by Gasteiger charge is 2.24. The van der Waals surface area contributed by atoms with Crippen molar-refractivity contribution in [2.45, 2.75) is 32.6 Å². The summed E-state index contributed by atoms with van der Waals surface area (Å²) in [5.74, 6) is -0.155. The number of nitrogens with zero attached hydrogens (tertiary/aromatic N) is 5. The van der Waals surface area contributed by atoms with Gasteiger partial charge in [0.2, 0.25) is 11.8 Å². The Morgan fingerprint density at radius 1 is 0.968 bits per heavy atom. The number of aryl methyl sites for hydroxylation is 1. The van der Waals surface area contributed by atoms with Crippen molar-refractivity contribution in [3.63, 3.8) is 0 Å². The maximum absolute atomic E-state index is 12.6. The normalized spacial score (nSPS) is 18.5. The van der Waals surface area contributed by atoms with Gasteiger partial charge in [-0.15, -0.1) is 0 Å². The van der Waals surface area contributed by atoms with E-state index >= 15 is 0 Å². The van der Waals surface area contributed by atoms with Crippen LogP contribution in [-0.4, -0.2) is 101 Å². The number of anilines is 1. The topological polar surface area (TPSA) is 100 Å². The smallest absolute Gasteiger partial charge is 0.343 e. The number of rotatable bonds is 7. The standard InChI is InChI=1S/C21H34N6O4/c1-3-31-21(30)17-14-22-24(2)20(17)23-18(28)15-25-10-12-26(13-11-25)16-19(29)27-8-6-4-5-7-9-27/h14H,3-13,15-16H2,1-2H3,(H,23,28). The van der Waals surface area contributed by atoms with Gasteiger partial charge in [-0.2, -0.15) is 5.10 Å². The number of hydrogen-bond acceptors (Lipinski definition) is 7. The van der Waals surface area contributed by atoms with Crippen LogP contribution in [0.1, 0.15) is 43.0 Å². The van der Waals surface area contributed by atoms with E-state index in [2.05, 4.69) is 20.2 Å². The minimum absolute atomic E-state index is 0.205. The Bertz CT molecular complexity index is 764. The molecule has 10 heteroatoms. The highest BCUT2D eigenvalue weighted by molar-refractivity contribution is 6.00. The number of piperazine rings is 1. The van der Waals surface area contributed by atoms with Gasteiger partial charge < -0.3 is 15.0 Å². The number of amides is 2.